The van der Waals surface area contributed by atoms with Crippen molar-refractivity contribution in [3.63, 3.8) is 0 Å². The van der Waals surface area contributed by atoms with Crippen molar-refractivity contribution in [3.05, 3.63) is 19.6 Å². The van der Waals surface area contributed by atoms with Crippen LogP contribution < -0.4 is 0 Å². The third-order valence-corrected chi connectivity index (χ3v) is 9.98. The van der Waals surface area contributed by atoms with E-state index in [0.717, 1.165) is 0 Å². The Bertz CT molecular complexity index is 232. The van der Waals surface area contributed by atoms with E-state index in [2.05, 4.69) is 31.7 Å². The van der Waals surface area contributed by atoms with Gasteiger partial charge < -0.3 is 0 Å². The van der Waals surface area contributed by atoms with Crippen LogP contribution in [0.1, 0.15) is 6.42 Å². The molecule has 0 radical (unpaired) electrons. The summed E-state index contributed by atoms with van der Waals surface area (Å²) in [6, 6.07) is 0. The predicted octanol–water partition coefficient (Wildman–Crippen LogP) is 4.30. The first-order valence-electron chi connectivity index (χ1n) is 3.66. The van der Waals surface area contributed by atoms with Crippen molar-refractivity contribution in [2.24, 2.45) is 0 Å². The van der Waals surface area contributed by atoms with Crippen LogP contribution in [-0.2, 0) is 0 Å². The molecule has 1 aliphatic carbocycles. The maximum absolute atomic E-state index is 2.66. The van der Waals surface area contributed by atoms with E-state index < -0.39 is 27.7 Å². The SMILES string of the molecule is [CH3][Gd]([CH3])([CH3])([CH3])([CH3])[C]1=CC=CC1. The van der Waals surface area contributed by atoms with Gasteiger partial charge in [-0.15, -0.1) is 0 Å². The quantitative estimate of drug-likeness (QED) is 0.677. The molecule has 0 bridgehead atoms. The maximum atomic E-state index is 2.49. The monoisotopic (exact) mass is 298 g/mol. The summed E-state index contributed by atoms with van der Waals surface area (Å²) >= 11 is -2.66. The fraction of sp³-hybridized carbons (Fsp3) is 0.600. The molecule has 0 heterocycles. The Kier molecular flexibility index (Phi) is 1.80. The summed E-state index contributed by atoms with van der Waals surface area (Å²) in [6.07, 6.45) is 7.99. The molecule has 0 aromatic carbocycles. The summed E-state index contributed by atoms with van der Waals surface area (Å²) in [6.45, 7) is 0. The Morgan fingerprint density at radius 2 is 1.64 bits per heavy atom. The van der Waals surface area contributed by atoms with Crippen molar-refractivity contribution in [1.82, 2.24) is 0 Å². The Labute approximate surface area is 66.3 Å². The van der Waals surface area contributed by atoms with Crippen LogP contribution in [0.15, 0.2) is 19.6 Å². The first-order valence-corrected chi connectivity index (χ1v) is 16.1. The van der Waals surface area contributed by atoms with Gasteiger partial charge in [-0.25, -0.2) is 0 Å². The van der Waals surface area contributed by atoms with E-state index in [1.807, 2.05) is 0 Å². The summed E-state index contributed by atoms with van der Waals surface area (Å²) in [4.78, 5) is 0. The first kappa shape index (κ1) is 9.89. The molecular weight excluding hydrogens is 277 g/mol. The standard InChI is InChI=1S/C5H5.5CH3.Gd/c1-2-4-5-3-1;;;;;;/h1-3H,4H2;5*1H3;. The molecule has 1 heteroatoms. The molecule has 0 N–H and O–H groups in total. The van der Waals surface area contributed by atoms with E-state index in [1.165, 1.54) is 6.42 Å². The Morgan fingerprint density at radius 1 is 1.09 bits per heavy atom. The number of rotatable bonds is 1. The molecule has 0 aliphatic heterocycles. The van der Waals surface area contributed by atoms with Gasteiger partial charge in [-0.05, 0) is 0 Å². The summed E-state index contributed by atoms with van der Waals surface area (Å²) in [5.41, 5.74) is 0. The number of hydrogen-bond donors (Lipinski definition) is 0. The molecule has 68 valence electrons. The van der Waals surface area contributed by atoms with Crippen molar-refractivity contribution in [3.8, 4) is 0 Å². The van der Waals surface area contributed by atoms with Crippen molar-refractivity contribution >= 4 is 0 Å². The molecule has 0 nitrogen and oxygen atoms in total. The zero-order valence-electron chi connectivity index (χ0n) is 8.29. The molecule has 0 saturated heterocycles. The summed E-state index contributed by atoms with van der Waals surface area (Å²) in [5.74, 6) is 0. The summed E-state index contributed by atoms with van der Waals surface area (Å²) in [7, 11) is 0. The third kappa shape index (κ3) is 2.64. The molecule has 1 rings (SSSR count). The molecule has 0 atom stereocenters. The summed E-state index contributed by atoms with van der Waals surface area (Å²) < 4.78 is 14.2. The molecular formula is C10H20Gd. The van der Waals surface area contributed by atoms with Crippen LogP contribution in [0.5, 0.6) is 0 Å². The van der Waals surface area contributed by atoms with Crippen molar-refractivity contribution < 1.29 is 27.7 Å². The normalized spacial score (nSPS) is 24.3. The Balaban J connectivity index is 3.11. The van der Waals surface area contributed by atoms with Crippen LogP contribution in [0.2, 0.25) is 13.5 Å². The van der Waals surface area contributed by atoms with Gasteiger partial charge in [0.15, 0.2) is 0 Å². The van der Waals surface area contributed by atoms with Crippen LogP contribution in [0.4, 0.5) is 0 Å². The van der Waals surface area contributed by atoms with E-state index in [0.29, 0.717) is 0 Å². The molecule has 0 aromatic rings. The molecule has 0 fully saturated rings. The van der Waals surface area contributed by atoms with Crippen LogP contribution in [0.25, 0.3) is 0 Å². The van der Waals surface area contributed by atoms with Crippen LogP contribution >= 0.6 is 0 Å². The van der Waals surface area contributed by atoms with E-state index in [1.54, 1.807) is 1.35 Å². The Morgan fingerprint density at radius 3 is 1.82 bits per heavy atom. The van der Waals surface area contributed by atoms with Gasteiger partial charge in [-0.3, -0.25) is 0 Å². The molecule has 0 unspecified atom stereocenters. The van der Waals surface area contributed by atoms with E-state index in [-0.39, 0.29) is 0 Å². The zero-order valence-corrected chi connectivity index (χ0v) is 10.6. The molecule has 11 heavy (non-hydrogen) atoms. The third-order valence-electron chi connectivity index (χ3n) is 1.85. The molecule has 0 aromatic heterocycles. The van der Waals surface area contributed by atoms with Crippen molar-refractivity contribution in [2.75, 3.05) is 0 Å². The fourth-order valence-corrected chi connectivity index (χ4v) is 5.76. The van der Waals surface area contributed by atoms with Crippen LogP contribution in [0, 0.1) is 27.7 Å². The van der Waals surface area contributed by atoms with Crippen molar-refractivity contribution in [1.29, 1.82) is 0 Å². The molecule has 0 amide bonds. The molecule has 1 aliphatic rings. The average Bonchev–Trinajstić information content (AvgIpc) is 2.01. The number of allylic oxidation sites excluding steroid dienone is 4. The second-order valence-electron chi connectivity index (χ2n) is 5.65. The van der Waals surface area contributed by atoms with Gasteiger partial charge in [-0.2, -0.15) is 0 Å². The second kappa shape index (κ2) is 2.00. The van der Waals surface area contributed by atoms with E-state index in [4.69, 9.17) is 0 Å². The molecule has 0 saturated carbocycles. The van der Waals surface area contributed by atoms with E-state index >= 15 is 0 Å². The first-order chi connectivity index (χ1) is 4.59. The van der Waals surface area contributed by atoms with Gasteiger partial charge in [0.05, 0.1) is 0 Å². The average molecular weight is 298 g/mol. The van der Waals surface area contributed by atoms with Crippen LogP contribution in [-0.4, -0.2) is 0 Å². The minimum atomic E-state index is -2.66. The number of hydrogen-bond acceptors (Lipinski definition) is 0. The van der Waals surface area contributed by atoms with Gasteiger partial charge >= 0.3 is 67.3 Å². The van der Waals surface area contributed by atoms with Gasteiger partial charge in [0.2, 0.25) is 0 Å². The van der Waals surface area contributed by atoms with Gasteiger partial charge in [-0.1, -0.05) is 0 Å². The Hall–Kier alpha value is 0.805. The molecule has 0 spiro atoms. The van der Waals surface area contributed by atoms with Crippen LogP contribution in [0.3, 0.4) is 0 Å². The minimum absolute atomic E-state index is 1.20. The second-order valence-corrected chi connectivity index (χ2v) is 35.5. The predicted molar refractivity (Wildman–Crippen MR) is 51.2 cm³/mol. The van der Waals surface area contributed by atoms with Gasteiger partial charge in [0, 0.05) is 0 Å². The van der Waals surface area contributed by atoms with Gasteiger partial charge in [0.25, 0.3) is 0 Å². The fourth-order valence-electron chi connectivity index (χ4n) is 1.07. The van der Waals surface area contributed by atoms with Gasteiger partial charge in [0.1, 0.15) is 0 Å². The van der Waals surface area contributed by atoms with Crippen molar-refractivity contribution in [2.45, 2.75) is 19.9 Å². The van der Waals surface area contributed by atoms with E-state index in [9.17, 15) is 0 Å². The summed E-state index contributed by atoms with van der Waals surface area (Å²) in [5, 5.41) is 0. The zero-order chi connectivity index (χ0) is 8.81. The topological polar surface area (TPSA) is 0 Å².